The topological polar surface area (TPSA) is 9.72 Å². The van der Waals surface area contributed by atoms with Crippen molar-refractivity contribution in [3.63, 3.8) is 0 Å². The smallest absolute Gasteiger partial charge is 0.252 e. The first-order chi connectivity index (χ1) is 34.7. The Morgan fingerprint density at radius 3 is 1.72 bits per heavy atom. The van der Waals surface area contributed by atoms with Crippen LogP contribution in [0.4, 0.5) is 49.9 Å². The van der Waals surface area contributed by atoms with Crippen molar-refractivity contribution in [3.05, 3.63) is 173 Å². The summed E-state index contributed by atoms with van der Waals surface area (Å²) in [4.78, 5) is 7.97. The molecule has 5 heteroatoms. The number of rotatable bonds is 4. The van der Waals surface area contributed by atoms with Gasteiger partial charge in [0, 0.05) is 50.8 Å². The maximum Gasteiger partial charge on any atom is 0.252 e. The molecule has 5 aliphatic rings. The van der Waals surface area contributed by atoms with Crippen molar-refractivity contribution in [1.29, 1.82) is 0 Å². The highest BCUT2D eigenvalue weighted by Gasteiger charge is 2.60. The van der Waals surface area contributed by atoms with Crippen molar-refractivity contribution in [2.45, 2.75) is 174 Å². The molecule has 3 nitrogen and oxygen atoms in total. The van der Waals surface area contributed by atoms with Gasteiger partial charge in [-0.15, -0.1) is 0 Å². The molecule has 0 N–H and O–H groups in total. The third-order valence-corrected chi connectivity index (χ3v) is 19.1. The average molecular weight is 978 g/mol. The molecule has 7 aromatic carbocycles. The first-order valence-electron chi connectivity index (χ1n) is 27.7. The van der Waals surface area contributed by atoms with E-state index < -0.39 is 0 Å². The lowest BCUT2D eigenvalue weighted by Crippen LogP contribution is -2.62. The Bertz CT molecular complexity index is 3450. The molecule has 12 rings (SSSR count). The van der Waals surface area contributed by atoms with Crippen LogP contribution >= 0.6 is 0 Å². The van der Waals surface area contributed by atoms with Gasteiger partial charge in [0.1, 0.15) is 5.82 Å². The van der Waals surface area contributed by atoms with E-state index in [0.29, 0.717) is 0 Å². The fourth-order valence-electron chi connectivity index (χ4n) is 14.3. The molecular formula is C69H77BFN3. The second-order valence-corrected chi connectivity index (χ2v) is 27.9. The quantitative estimate of drug-likeness (QED) is 0.163. The minimum atomic E-state index is -0.290. The zero-order valence-electron chi connectivity index (χ0n) is 47.0. The molecule has 0 spiro atoms. The van der Waals surface area contributed by atoms with Crippen LogP contribution in [-0.4, -0.2) is 12.3 Å². The van der Waals surface area contributed by atoms with Crippen molar-refractivity contribution < 1.29 is 4.39 Å². The van der Waals surface area contributed by atoms with Gasteiger partial charge in [-0.05, 0) is 182 Å². The Hall–Kier alpha value is -6.07. The Labute approximate surface area is 443 Å². The van der Waals surface area contributed by atoms with Gasteiger partial charge in [-0.25, -0.2) is 4.39 Å². The lowest BCUT2D eigenvalue weighted by molar-refractivity contribution is 0.330. The van der Waals surface area contributed by atoms with Gasteiger partial charge < -0.3 is 14.7 Å². The van der Waals surface area contributed by atoms with E-state index in [0.717, 1.165) is 54.7 Å². The number of hydrogen-bond acceptors (Lipinski definition) is 3. The van der Waals surface area contributed by atoms with E-state index in [2.05, 4.69) is 240 Å². The standard InChI is InChI=1S/C69H77BFN3/c1-63(2,3)44-23-19-24-48(35-44)72-58-37-46(65(7,8)9)25-28-54(58)70-55-41-51-52(67(12,13)34-33-66(51,10)11)42-59(55)73(56-29-26-45(64(4,5)6)36-50(56)43-21-17-16-18-22-43)61-40-49(39-60(72)62(61)70)74-57-30-27-47(71)38-53(57)68(14)31-20-32-69(68,74)15/h16-19,21-30,35-42H,20,31-34H2,1-15H3. The number of hydrogen-bond donors (Lipinski definition) is 0. The summed E-state index contributed by atoms with van der Waals surface area (Å²) in [5, 5.41) is 0. The van der Waals surface area contributed by atoms with Crippen LogP contribution in [0.25, 0.3) is 11.1 Å². The van der Waals surface area contributed by atoms with Crippen molar-refractivity contribution in [1.82, 2.24) is 0 Å². The van der Waals surface area contributed by atoms with Gasteiger partial charge in [0.25, 0.3) is 6.71 Å². The first-order valence-corrected chi connectivity index (χ1v) is 27.7. The van der Waals surface area contributed by atoms with E-state index in [4.69, 9.17) is 0 Å². The molecule has 7 aromatic rings. The molecule has 1 fully saturated rings. The van der Waals surface area contributed by atoms with E-state index in [-0.39, 0.29) is 50.6 Å². The summed E-state index contributed by atoms with van der Waals surface area (Å²) < 4.78 is 15.7. The molecule has 74 heavy (non-hydrogen) atoms. The van der Waals surface area contributed by atoms with E-state index in [1.54, 1.807) is 6.07 Å². The Kier molecular flexibility index (Phi) is 10.6. The van der Waals surface area contributed by atoms with E-state index >= 15 is 4.39 Å². The largest absolute Gasteiger partial charge is 0.334 e. The fourth-order valence-corrected chi connectivity index (χ4v) is 14.3. The molecule has 2 aliphatic carbocycles. The van der Waals surface area contributed by atoms with Crippen molar-refractivity contribution >= 4 is 68.6 Å². The highest BCUT2D eigenvalue weighted by atomic mass is 19.1. The van der Waals surface area contributed by atoms with Crippen molar-refractivity contribution in [2.24, 2.45) is 0 Å². The Morgan fingerprint density at radius 1 is 0.446 bits per heavy atom. The van der Waals surface area contributed by atoms with Crippen molar-refractivity contribution in [2.75, 3.05) is 14.7 Å². The number of halogens is 1. The van der Waals surface area contributed by atoms with Gasteiger partial charge in [-0.3, -0.25) is 0 Å². The molecule has 2 atom stereocenters. The highest BCUT2D eigenvalue weighted by Crippen LogP contribution is 2.63. The van der Waals surface area contributed by atoms with Gasteiger partial charge in [-0.2, -0.15) is 0 Å². The number of fused-ring (bicyclic) bond motifs is 8. The monoisotopic (exact) mass is 978 g/mol. The molecule has 0 radical (unpaired) electrons. The molecule has 0 aromatic heterocycles. The summed E-state index contributed by atoms with van der Waals surface area (Å²) >= 11 is 0. The average Bonchev–Trinajstić information content (AvgIpc) is 3.75. The predicted octanol–water partition coefficient (Wildman–Crippen LogP) is 17.2. The number of nitrogens with zero attached hydrogens (tertiary/aromatic N) is 3. The lowest BCUT2D eigenvalue weighted by Gasteiger charge is -2.49. The second kappa shape index (κ2) is 16.0. The molecule has 3 heterocycles. The molecule has 0 amide bonds. The number of benzene rings is 7. The van der Waals surface area contributed by atoms with E-state index in [1.165, 1.54) is 83.8 Å². The summed E-state index contributed by atoms with van der Waals surface area (Å²) in [7, 11) is 0. The zero-order valence-corrected chi connectivity index (χ0v) is 47.0. The minimum absolute atomic E-state index is 0.000247. The minimum Gasteiger partial charge on any atom is -0.334 e. The summed E-state index contributed by atoms with van der Waals surface area (Å²) in [6.07, 6.45) is 5.39. The van der Waals surface area contributed by atoms with Crippen LogP contribution in [0.3, 0.4) is 0 Å². The molecule has 2 unspecified atom stereocenters. The van der Waals surface area contributed by atoms with E-state index in [9.17, 15) is 0 Å². The van der Waals surface area contributed by atoms with Crippen LogP contribution in [0.1, 0.15) is 169 Å². The number of anilines is 8. The Morgan fingerprint density at radius 2 is 1.04 bits per heavy atom. The first kappa shape index (κ1) is 48.8. The normalized spacial score (nSPS) is 21.2. The van der Waals surface area contributed by atoms with Crippen LogP contribution in [0, 0.1) is 5.82 Å². The zero-order chi connectivity index (χ0) is 52.4. The Balaban J connectivity index is 1.27. The molecular weight excluding hydrogens is 901 g/mol. The third-order valence-electron chi connectivity index (χ3n) is 19.1. The summed E-state index contributed by atoms with van der Waals surface area (Å²) in [6, 6.07) is 51.2. The van der Waals surface area contributed by atoms with Crippen LogP contribution in [0.2, 0.25) is 0 Å². The maximum absolute atomic E-state index is 15.7. The second-order valence-electron chi connectivity index (χ2n) is 27.9. The van der Waals surface area contributed by atoms with Crippen LogP contribution < -0.4 is 31.1 Å². The van der Waals surface area contributed by atoms with Crippen molar-refractivity contribution in [3.8, 4) is 11.1 Å². The van der Waals surface area contributed by atoms with Gasteiger partial charge in [0.2, 0.25) is 0 Å². The summed E-state index contributed by atoms with van der Waals surface area (Å²) in [5.74, 6) is -0.162. The maximum atomic E-state index is 15.7. The SMILES string of the molecule is CC(C)(C)c1cccc(N2c3cc(C(C)(C)C)ccc3B3c4cc5c(cc4N(c4ccc(C(C)(C)C)cc4-c4ccccc4)c4cc(N6c7ccc(F)cc7C7(C)CCCC67C)cc2c43)C(C)(C)CCC5(C)C)c1. The van der Waals surface area contributed by atoms with Crippen LogP contribution in [0.15, 0.2) is 133 Å². The van der Waals surface area contributed by atoms with Gasteiger partial charge in [0.15, 0.2) is 0 Å². The third kappa shape index (κ3) is 7.17. The van der Waals surface area contributed by atoms with E-state index in [1.807, 2.05) is 6.07 Å². The molecule has 378 valence electrons. The highest BCUT2D eigenvalue weighted by molar-refractivity contribution is 7.00. The summed E-state index contributed by atoms with van der Waals surface area (Å²) in [5.41, 5.74) is 23.1. The molecule has 3 aliphatic heterocycles. The van der Waals surface area contributed by atoms with Gasteiger partial charge in [0.05, 0.1) is 11.2 Å². The van der Waals surface area contributed by atoms with Crippen LogP contribution in [0.5, 0.6) is 0 Å². The van der Waals surface area contributed by atoms with Gasteiger partial charge >= 0.3 is 0 Å². The predicted molar refractivity (Wildman–Crippen MR) is 315 cm³/mol. The molecule has 0 bridgehead atoms. The summed E-state index contributed by atoms with van der Waals surface area (Å²) in [6.45, 7) is 35.7. The van der Waals surface area contributed by atoms with Gasteiger partial charge in [-0.1, -0.05) is 170 Å². The molecule has 0 saturated heterocycles. The molecule has 1 saturated carbocycles. The lowest BCUT2D eigenvalue weighted by atomic mass is 9.33. The fraction of sp³-hybridized carbons (Fsp3) is 0.391. The van der Waals surface area contributed by atoms with Crippen LogP contribution in [-0.2, 0) is 32.5 Å².